The van der Waals surface area contributed by atoms with Crippen LogP contribution < -0.4 is 10.6 Å². The molecule has 0 aliphatic carbocycles. The summed E-state index contributed by atoms with van der Waals surface area (Å²) in [4.78, 5) is 2.25. The highest BCUT2D eigenvalue weighted by molar-refractivity contribution is 6.30. The number of hydrogen-bond donors (Lipinski definition) is 1. The molecular formula is C17H21ClN2. The molecule has 0 aromatic heterocycles. The maximum absolute atomic E-state index is 6.07. The summed E-state index contributed by atoms with van der Waals surface area (Å²) in [7, 11) is 2.10. The molecule has 2 aromatic rings. The third kappa shape index (κ3) is 3.14. The van der Waals surface area contributed by atoms with Gasteiger partial charge in [-0.3, -0.25) is 0 Å². The Morgan fingerprint density at radius 3 is 2.55 bits per heavy atom. The summed E-state index contributed by atoms with van der Waals surface area (Å²) < 4.78 is 0. The van der Waals surface area contributed by atoms with E-state index in [1.807, 2.05) is 18.2 Å². The minimum Gasteiger partial charge on any atom is -0.368 e. The molecule has 0 radical (unpaired) electrons. The molecule has 2 N–H and O–H groups in total. The zero-order chi connectivity index (χ0) is 14.7. The smallest absolute Gasteiger partial charge is 0.0511 e. The standard InChI is InChI=1S/C17H21ClN2/c1-12-9-17(8-7-15(12)11-19)20(3)13(2)14-5-4-6-16(18)10-14/h4-10,13H,11,19H2,1-3H3. The van der Waals surface area contributed by atoms with Gasteiger partial charge in [0.15, 0.2) is 0 Å². The second-order valence-corrected chi connectivity index (χ2v) is 5.59. The van der Waals surface area contributed by atoms with E-state index in [1.54, 1.807) is 0 Å². The highest BCUT2D eigenvalue weighted by Gasteiger charge is 2.13. The van der Waals surface area contributed by atoms with E-state index in [0.717, 1.165) is 5.02 Å². The predicted octanol–water partition coefficient (Wildman–Crippen LogP) is 4.30. The van der Waals surface area contributed by atoms with Crippen LogP contribution in [0.4, 0.5) is 5.69 Å². The Bertz CT molecular complexity index is 595. The highest BCUT2D eigenvalue weighted by Crippen LogP contribution is 2.28. The molecule has 0 heterocycles. The summed E-state index contributed by atoms with van der Waals surface area (Å²) in [5.41, 5.74) is 10.5. The Balaban J connectivity index is 2.26. The lowest BCUT2D eigenvalue weighted by Crippen LogP contribution is -2.21. The number of anilines is 1. The first-order chi connectivity index (χ1) is 9.52. The van der Waals surface area contributed by atoms with Crippen molar-refractivity contribution in [3.63, 3.8) is 0 Å². The monoisotopic (exact) mass is 288 g/mol. The van der Waals surface area contributed by atoms with Crippen molar-refractivity contribution in [2.75, 3.05) is 11.9 Å². The van der Waals surface area contributed by atoms with Crippen molar-refractivity contribution in [1.29, 1.82) is 0 Å². The van der Waals surface area contributed by atoms with Crippen LogP contribution in [0.5, 0.6) is 0 Å². The number of hydrogen-bond acceptors (Lipinski definition) is 2. The van der Waals surface area contributed by atoms with Crippen LogP contribution in [-0.4, -0.2) is 7.05 Å². The van der Waals surface area contributed by atoms with Crippen LogP contribution >= 0.6 is 11.6 Å². The SMILES string of the molecule is Cc1cc(N(C)C(C)c2cccc(Cl)c2)ccc1CN. The fourth-order valence-electron chi connectivity index (χ4n) is 2.34. The first kappa shape index (κ1) is 14.9. The normalized spacial score (nSPS) is 12.2. The zero-order valence-corrected chi connectivity index (χ0v) is 13.0. The molecule has 20 heavy (non-hydrogen) atoms. The molecule has 2 nitrogen and oxygen atoms in total. The Morgan fingerprint density at radius 1 is 1.20 bits per heavy atom. The summed E-state index contributed by atoms with van der Waals surface area (Å²) >= 11 is 6.07. The molecule has 2 rings (SSSR count). The van der Waals surface area contributed by atoms with E-state index in [2.05, 4.69) is 50.1 Å². The number of halogens is 1. The summed E-state index contributed by atoms with van der Waals surface area (Å²) in [5.74, 6) is 0. The molecule has 1 atom stereocenters. The largest absolute Gasteiger partial charge is 0.368 e. The Kier molecular flexibility index (Phi) is 4.69. The van der Waals surface area contributed by atoms with Gasteiger partial charge >= 0.3 is 0 Å². The molecule has 0 bridgehead atoms. The molecular weight excluding hydrogens is 268 g/mol. The molecule has 0 aliphatic heterocycles. The first-order valence-corrected chi connectivity index (χ1v) is 7.18. The van der Waals surface area contributed by atoms with E-state index in [9.17, 15) is 0 Å². The van der Waals surface area contributed by atoms with Crippen molar-refractivity contribution >= 4 is 17.3 Å². The highest BCUT2D eigenvalue weighted by atomic mass is 35.5. The Morgan fingerprint density at radius 2 is 1.95 bits per heavy atom. The molecule has 3 heteroatoms. The summed E-state index contributed by atoms with van der Waals surface area (Å²) in [6, 6.07) is 14.7. The van der Waals surface area contributed by atoms with Crippen molar-refractivity contribution in [3.05, 3.63) is 64.2 Å². The van der Waals surface area contributed by atoms with Crippen molar-refractivity contribution in [3.8, 4) is 0 Å². The van der Waals surface area contributed by atoms with Gasteiger partial charge in [0.25, 0.3) is 0 Å². The number of aryl methyl sites for hydroxylation is 1. The first-order valence-electron chi connectivity index (χ1n) is 6.81. The van der Waals surface area contributed by atoms with Crippen LogP contribution in [0.3, 0.4) is 0 Å². The van der Waals surface area contributed by atoms with E-state index in [4.69, 9.17) is 17.3 Å². The zero-order valence-electron chi connectivity index (χ0n) is 12.2. The minimum atomic E-state index is 0.261. The number of nitrogens with zero attached hydrogens (tertiary/aromatic N) is 1. The van der Waals surface area contributed by atoms with Crippen LogP contribution in [0.15, 0.2) is 42.5 Å². The maximum Gasteiger partial charge on any atom is 0.0511 e. The van der Waals surface area contributed by atoms with E-state index < -0.39 is 0 Å². The van der Waals surface area contributed by atoms with E-state index >= 15 is 0 Å². The summed E-state index contributed by atoms with van der Waals surface area (Å²) in [5, 5.41) is 0.775. The lowest BCUT2D eigenvalue weighted by Gasteiger charge is -2.28. The van der Waals surface area contributed by atoms with Crippen LogP contribution in [0, 0.1) is 6.92 Å². The Hall–Kier alpha value is -1.51. The van der Waals surface area contributed by atoms with E-state index in [-0.39, 0.29) is 6.04 Å². The number of nitrogens with two attached hydrogens (primary N) is 1. The van der Waals surface area contributed by atoms with Gasteiger partial charge in [-0.25, -0.2) is 0 Å². The van der Waals surface area contributed by atoms with Gasteiger partial charge in [0, 0.05) is 24.3 Å². The van der Waals surface area contributed by atoms with Crippen molar-refractivity contribution in [2.24, 2.45) is 5.73 Å². The van der Waals surface area contributed by atoms with Gasteiger partial charge in [0.1, 0.15) is 0 Å². The van der Waals surface area contributed by atoms with E-state index in [1.165, 1.54) is 22.4 Å². The molecule has 1 unspecified atom stereocenters. The van der Waals surface area contributed by atoms with Crippen LogP contribution in [0.2, 0.25) is 5.02 Å². The maximum atomic E-state index is 6.07. The average molecular weight is 289 g/mol. The van der Waals surface area contributed by atoms with Gasteiger partial charge in [-0.1, -0.05) is 29.8 Å². The molecule has 0 saturated heterocycles. The molecule has 0 aliphatic rings. The van der Waals surface area contributed by atoms with Crippen molar-refractivity contribution in [2.45, 2.75) is 26.4 Å². The van der Waals surface area contributed by atoms with Gasteiger partial charge in [-0.05, 0) is 54.8 Å². The van der Waals surface area contributed by atoms with Gasteiger partial charge in [0.05, 0.1) is 6.04 Å². The van der Waals surface area contributed by atoms with Crippen LogP contribution in [0.25, 0.3) is 0 Å². The molecule has 2 aromatic carbocycles. The molecule has 0 saturated carbocycles. The van der Waals surface area contributed by atoms with Gasteiger partial charge in [-0.2, -0.15) is 0 Å². The van der Waals surface area contributed by atoms with E-state index in [0.29, 0.717) is 6.54 Å². The topological polar surface area (TPSA) is 29.3 Å². The van der Waals surface area contributed by atoms with Gasteiger partial charge in [0.2, 0.25) is 0 Å². The lowest BCUT2D eigenvalue weighted by atomic mass is 10.0. The molecule has 106 valence electrons. The predicted molar refractivity (Wildman–Crippen MR) is 87.3 cm³/mol. The molecule has 0 amide bonds. The van der Waals surface area contributed by atoms with Gasteiger partial charge in [-0.15, -0.1) is 0 Å². The minimum absolute atomic E-state index is 0.261. The third-order valence-electron chi connectivity index (χ3n) is 3.87. The van der Waals surface area contributed by atoms with Crippen LogP contribution in [0.1, 0.15) is 29.7 Å². The second-order valence-electron chi connectivity index (χ2n) is 5.16. The van der Waals surface area contributed by atoms with Crippen molar-refractivity contribution in [1.82, 2.24) is 0 Å². The molecule has 0 fully saturated rings. The fourth-order valence-corrected chi connectivity index (χ4v) is 2.54. The number of benzene rings is 2. The van der Waals surface area contributed by atoms with Crippen molar-refractivity contribution < 1.29 is 0 Å². The Labute approximate surface area is 126 Å². The quantitative estimate of drug-likeness (QED) is 0.908. The summed E-state index contributed by atoms with van der Waals surface area (Å²) in [6.07, 6.45) is 0. The lowest BCUT2D eigenvalue weighted by molar-refractivity contribution is 0.739. The average Bonchev–Trinajstić information content (AvgIpc) is 2.45. The molecule has 0 spiro atoms. The number of rotatable bonds is 4. The third-order valence-corrected chi connectivity index (χ3v) is 4.10. The van der Waals surface area contributed by atoms with Crippen LogP contribution in [-0.2, 0) is 6.54 Å². The second kappa shape index (κ2) is 6.29. The summed E-state index contributed by atoms with van der Waals surface area (Å²) in [6.45, 7) is 4.86. The fraction of sp³-hybridized carbons (Fsp3) is 0.294. The van der Waals surface area contributed by atoms with Gasteiger partial charge < -0.3 is 10.6 Å².